The summed E-state index contributed by atoms with van der Waals surface area (Å²) in [5.74, 6) is -1.32. The normalized spacial score (nSPS) is 10.9. The van der Waals surface area contributed by atoms with Gasteiger partial charge >= 0.3 is 6.18 Å². The molecule has 118 valence electrons. The number of benzene rings is 2. The molecule has 0 bridgehead atoms. The average molecular weight is 319 g/mol. The van der Waals surface area contributed by atoms with Crippen molar-refractivity contribution in [2.75, 3.05) is 0 Å². The quantitative estimate of drug-likeness (QED) is 0.842. The molecule has 0 aliphatic carbocycles. The third kappa shape index (κ3) is 3.89. The Morgan fingerprint density at radius 1 is 1.13 bits per heavy atom. The molecule has 0 radical (unpaired) electrons. The van der Waals surface area contributed by atoms with Crippen molar-refractivity contribution in [1.29, 1.82) is 5.26 Å². The lowest BCUT2D eigenvalue weighted by molar-refractivity contribution is -0.170. The van der Waals surface area contributed by atoms with Crippen molar-refractivity contribution in [3.8, 4) is 17.6 Å². The third-order valence-electron chi connectivity index (χ3n) is 3.26. The van der Waals surface area contributed by atoms with Crippen molar-refractivity contribution in [2.24, 2.45) is 0 Å². The summed E-state index contributed by atoms with van der Waals surface area (Å²) in [6, 6.07) is 12.9. The van der Waals surface area contributed by atoms with Gasteiger partial charge in [-0.2, -0.15) is 18.4 Å². The van der Waals surface area contributed by atoms with Crippen molar-refractivity contribution >= 4 is 5.78 Å². The molecule has 3 nitrogen and oxygen atoms in total. The van der Waals surface area contributed by atoms with Gasteiger partial charge in [0.1, 0.15) is 11.5 Å². The Morgan fingerprint density at radius 2 is 1.78 bits per heavy atom. The summed E-state index contributed by atoms with van der Waals surface area (Å²) >= 11 is 0. The largest absolute Gasteiger partial charge is 0.457 e. The fourth-order valence-electron chi connectivity index (χ4n) is 1.99. The SMILES string of the molecule is Cc1c(C#N)cccc1Oc1ccccc1CC(=O)C(F)(F)F. The molecular formula is C17H12F3NO2. The van der Waals surface area contributed by atoms with Gasteiger partial charge in [-0.05, 0) is 25.1 Å². The highest BCUT2D eigenvalue weighted by atomic mass is 19.4. The molecule has 0 heterocycles. The summed E-state index contributed by atoms with van der Waals surface area (Å²) in [5, 5.41) is 9.00. The number of halogens is 3. The number of para-hydroxylation sites is 1. The fourth-order valence-corrected chi connectivity index (χ4v) is 1.99. The summed E-state index contributed by atoms with van der Waals surface area (Å²) < 4.78 is 42.9. The first kappa shape index (κ1) is 16.6. The number of rotatable bonds is 4. The second-order valence-corrected chi connectivity index (χ2v) is 4.85. The van der Waals surface area contributed by atoms with Gasteiger partial charge in [0.15, 0.2) is 0 Å². The minimum atomic E-state index is -4.89. The Hall–Kier alpha value is -2.81. The van der Waals surface area contributed by atoms with E-state index in [9.17, 15) is 18.0 Å². The van der Waals surface area contributed by atoms with Gasteiger partial charge in [-0.15, -0.1) is 0 Å². The average Bonchev–Trinajstić information content (AvgIpc) is 2.50. The number of carbonyl (C=O) groups excluding carboxylic acids is 1. The highest BCUT2D eigenvalue weighted by Gasteiger charge is 2.38. The van der Waals surface area contributed by atoms with Gasteiger partial charge < -0.3 is 4.74 Å². The molecule has 2 rings (SSSR count). The van der Waals surface area contributed by atoms with E-state index in [2.05, 4.69) is 0 Å². The number of Topliss-reactive ketones (excluding diaryl/α,β-unsaturated/α-hetero) is 1. The maximum atomic E-state index is 12.4. The van der Waals surface area contributed by atoms with E-state index in [1.807, 2.05) is 6.07 Å². The van der Waals surface area contributed by atoms with Crippen molar-refractivity contribution in [3.63, 3.8) is 0 Å². The van der Waals surface area contributed by atoms with Crippen molar-refractivity contribution in [1.82, 2.24) is 0 Å². The minimum absolute atomic E-state index is 0.136. The number of ether oxygens (including phenoxy) is 1. The number of ketones is 1. The molecule has 0 aliphatic heterocycles. The summed E-state index contributed by atoms with van der Waals surface area (Å²) in [7, 11) is 0. The molecule has 0 fully saturated rings. The molecule has 0 saturated heterocycles. The highest BCUT2D eigenvalue weighted by Crippen LogP contribution is 2.30. The second-order valence-electron chi connectivity index (χ2n) is 4.85. The zero-order chi connectivity index (χ0) is 17.0. The lowest BCUT2D eigenvalue weighted by Gasteiger charge is -2.13. The predicted molar refractivity (Wildman–Crippen MR) is 77.2 cm³/mol. The van der Waals surface area contributed by atoms with Crippen LogP contribution in [0.1, 0.15) is 16.7 Å². The molecule has 0 spiro atoms. The molecular weight excluding hydrogens is 307 g/mol. The second kappa shape index (κ2) is 6.53. The molecule has 0 aliphatic rings. The number of carbonyl (C=O) groups is 1. The zero-order valence-corrected chi connectivity index (χ0v) is 12.1. The number of nitrogens with zero attached hydrogens (tertiary/aromatic N) is 1. The van der Waals surface area contributed by atoms with E-state index in [4.69, 9.17) is 10.00 Å². The van der Waals surface area contributed by atoms with Crippen LogP contribution in [0.3, 0.4) is 0 Å². The number of hydrogen-bond acceptors (Lipinski definition) is 3. The van der Waals surface area contributed by atoms with Crippen LogP contribution in [0.4, 0.5) is 13.2 Å². The molecule has 2 aromatic rings. The van der Waals surface area contributed by atoms with E-state index < -0.39 is 18.4 Å². The van der Waals surface area contributed by atoms with Crippen LogP contribution in [0.5, 0.6) is 11.5 Å². The number of alkyl halides is 3. The summed E-state index contributed by atoms with van der Waals surface area (Å²) in [6.45, 7) is 1.68. The van der Waals surface area contributed by atoms with E-state index >= 15 is 0 Å². The Balaban J connectivity index is 2.32. The van der Waals surface area contributed by atoms with Crippen LogP contribution >= 0.6 is 0 Å². The monoisotopic (exact) mass is 319 g/mol. The predicted octanol–water partition coefficient (Wildman–Crippen LogP) is 4.33. The Morgan fingerprint density at radius 3 is 2.43 bits per heavy atom. The van der Waals surface area contributed by atoms with E-state index in [1.165, 1.54) is 18.2 Å². The zero-order valence-electron chi connectivity index (χ0n) is 12.1. The lowest BCUT2D eigenvalue weighted by Crippen LogP contribution is -2.24. The molecule has 23 heavy (non-hydrogen) atoms. The van der Waals surface area contributed by atoms with Gasteiger partial charge in [0.2, 0.25) is 5.78 Å². The van der Waals surface area contributed by atoms with Gasteiger partial charge in [0.05, 0.1) is 11.6 Å². The van der Waals surface area contributed by atoms with Gasteiger partial charge in [-0.1, -0.05) is 24.3 Å². The molecule has 0 amide bonds. The van der Waals surface area contributed by atoms with E-state index in [0.29, 0.717) is 16.9 Å². The smallest absolute Gasteiger partial charge is 0.450 e. The summed E-state index contributed by atoms with van der Waals surface area (Å²) in [6.07, 6.45) is -5.68. The molecule has 0 unspecified atom stereocenters. The van der Waals surface area contributed by atoms with E-state index in [-0.39, 0.29) is 11.3 Å². The molecule has 0 atom stereocenters. The molecule has 0 saturated carbocycles. The van der Waals surface area contributed by atoms with Crippen molar-refractivity contribution < 1.29 is 22.7 Å². The fraction of sp³-hybridized carbons (Fsp3) is 0.176. The maximum Gasteiger partial charge on any atom is 0.450 e. The van der Waals surface area contributed by atoms with E-state index in [1.54, 1.807) is 31.2 Å². The van der Waals surface area contributed by atoms with Crippen LogP contribution in [-0.4, -0.2) is 12.0 Å². The number of nitriles is 1. The lowest BCUT2D eigenvalue weighted by atomic mass is 10.1. The van der Waals surface area contributed by atoms with Gasteiger partial charge in [0.25, 0.3) is 0 Å². The topological polar surface area (TPSA) is 50.1 Å². The number of hydrogen-bond donors (Lipinski definition) is 0. The first-order chi connectivity index (χ1) is 10.8. The highest BCUT2D eigenvalue weighted by molar-refractivity contribution is 5.86. The molecule has 0 aromatic heterocycles. The Bertz CT molecular complexity index is 776. The van der Waals surface area contributed by atoms with Gasteiger partial charge in [-0.3, -0.25) is 4.79 Å². The van der Waals surface area contributed by atoms with Crippen molar-refractivity contribution in [3.05, 3.63) is 59.2 Å². The Labute approximate surface area is 130 Å². The van der Waals surface area contributed by atoms with Gasteiger partial charge in [0, 0.05) is 17.5 Å². The standard InChI is InChI=1S/C17H12F3NO2/c1-11-13(10-21)6-4-8-14(11)23-15-7-3-2-5-12(15)9-16(22)17(18,19)20/h2-8H,9H2,1H3. The van der Waals surface area contributed by atoms with Crippen LogP contribution in [0.15, 0.2) is 42.5 Å². The minimum Gasteiger partial charge on any atom is -0.457 e. The first-order valence-corrected chi connectivity index (χ1v) is 6.68. The molecule has 6 heteroatoms. The summed E-state index contributed by atoms with van der Waals surface area (Å²) in [5.41, 5.74) is 1.12. The van der Waals surface area contributed by atoms with Crippen LogP contribution in [0.25, 0.3) is 0 Å². The van der Waals surface area contributed by atoms with E-state index in [0.717, 1.165) is 0 Å². The third-order valence-corrected chi connectivity index (χ3v) is 3.26. The molecule has 2 aromatic carbocycles. The van der Waals surface area contributed by atoms with Crippen LogP contribution in [-0.2, 0) is 11.2 Å². The van der Waals surface area contributed by atoms with Crippen LogP contribution in [0, 0.1) is 18.3 Å². The Kier molecular flexibility index (Phi) is 4.70. The summed E-state index contributed by atoms with van der Waals surface area (Å²) in [4.78, 5) is 11.2. The van der Waals surface area contributed by atoms with Crippen LogP contribution < -0.4 is 4.74 Å². The van der Waals surface area contributed by atoms with Crippen molar-refractivity contribution in [2.45, 2.75) is 19.5 Å². The van der Waals surface area contributed by atoms with Crippen LogP contribution in [0.2, 0.25) is 0 Å². The molecule has 0 N–H and O–H groups in total. The first-order valence-electron chi connectivity index (χ1n) is 6.68. The van der Waals surface area contributed by atoms with Gasteiger partial charge in [-0.25, -0.2) is 0 Å². The maximum absolute atomic E-state index is 12.4.